The van der Waals surface area contributed by atoms with Crippen LogP contribution in [0.15, 0.2) is 18.3 Å². The molecule has 1 aliphatic rings. The van der Waals surface area contributed by atoms with Gasteiger partial charge in [0.2, 0.25) is 0 Å². The number of carbonyl (C=O) groups excluding carboxylic acids is 1. The summed E-state index contributed by atoms with van der Waals surface area (Å²) in [5.74, 6) is 0.796. The van der Waals surface area contributed by atoms with E-state index >= 15 is 0 Å². The van der Waals surface area contributed by atoms with Crippen LogP contribution in [0.5, 0.6) is 0 Å². The maximum Gasteiger partial charge on any atom is 0.252 e. The van der Waals surface area contributed by atoms with Gasteiger partial charge >= 0.3 is 0 Å². The summed E-state index contributed by atoms with van der Waals surface area (Å²) >= 11 is 0. The minimum Gasteiger partial charge on any atom is -0.367 e. The molecule has 5 nitrogen and oxygen atoms in total. The van der Waals surface area contributed by atoms with E-state index in [0.29, 0.717) is 24.2 Å². The third-order valence-corrected chi connectivity index (χ3v) is 3.95. The monoisotopic (exact) mass is 290 g/mol. The number of amides is 1. The number of likely N-dealkylation sites (N-methyl/N-ethyl adjacent to an activating group) is 1. The summed E-state index contributed by atoms with van der Waals surface area (Å²) in [7, 11) is 0. The van der Waals surface area contributed by atoms with Crippen LogP contribution in [0, 0.1) is 0 Å². The molecule has 1 atom stereocenters. The zero-order chi connectivity index (χ0) is 15.2. The van der Waals surface area contributed by atoms with E-state index in [1.54, 1.807) is 6.20 Å². The van der Waals surface area contributed by atoms with Crippen molar-refractivity contribution in [3.05, 3.63) is 23.9 Å². The summed E-state index contributed by atoms with van der Waals surface area (Å²) in [6.45, 7) is 9.05. The molecule has 0 spiro atoms. The second-order valence-electron chi connectivity index (χ2n) is 5.63. The molecule has 21 heavy (non-hydrogen) atoms. The van der Waals surface area contributed by atoms with Gasteiger partial charge in [-0.05, 0) is 45.0 Å². The average molecular weight is 290 g/mol. The third-order valence-electron chi connectivity index (χ3n) is 3.95. The molecule has 1 amide bonds. The lowest BCUT2D eigenvalue weighted by molar-refractivity contribution is 0.0937. The topological polar surface area (TPSA) is 57.3 Å². The Morgan fingerprint density at radius 3 is 2.62 bits per heavy atom. The Balaban J connectivity index is 1.82. The first-order valence-electron chi connectivity index (χ1n) is 7.88. The highest BCUT2D eigenvalue weighted by Crippen LogP contribution is 2.23. The quantitative estimate of drug-likeness (QED) is 0.770. The summed E-state index contributed by atoms with van der Waals surface area (Å²) in [6, 6.07) is 4.62. The molecule has 1 aliphatic carbocycles. The molecule has 2 rings (SSSR count). The Labute approximate surface area is 127 Å². The number of anilines is 1. The van der Waals surface area contributed by atoms with Crippen molar-refractivity contribution in [2.24, 2.45) is 0 Å². The second-order valence-corrected chi connectivity index (χ2v) is 5.63. The van der Waals surface area contributed by atoms with Crippen LogP contribution in [0.4, 0.5) is 5.82 Å². The van der Waals surface area contributed by atoms with Gasteiger partial charge < -0.3 is 10.6 Å². The van der Waals surface area contributed by atoms with Crippen molar-refractivity contribution in [2.75, 3.05) is 25.0 Å². The van der Waals surface area contributed by atoms with E-state index in [9.17, 15) is 4.79 Å². The zero-order valence-corrected chi connectivity index (χ0v) is 13.2. The molecule has 1 aromatic heterocycles. The van der Waals surface area contributed by atoms with Gasteiger partial charge in [-0.3, -0.25) is 9.69 Å². The molecular weight excluding hydrogens is 264 g/mol. The van der Waals surface area contributed by atoms with Gasteiger partial charge in [0.15, 0.2) is 0 Å². The molecule has 116 valence electrons. The Morgan fingerprint density at radius 1 is 1.38 bits per heavy atom. The molecule has 2 N–H and O–H groups in total. The fraction of sp³-hybridized carbons (Fsp3) is 0.625. The number of nitrogens with one attached hydrogen (secondary N) is 2. The van der Waals surface area contributed by atoms with Gasteiger partial charge in [-0.1, -0.05) is 13.8 Å². The van der Waals surface area contributed by atoms with Crippen LogP contribution in [-0.2, 0) is 0 Å². The number of aromatic nitrogens is 1. The molecule has 0 saturated heterocycles. The standard InChI is InChI=1S/C16H26N4O/c1-4-20(5-2)12(3)10-18-16(21)13-6-9-15(17-11-13)19-14-7-8-14/h6,9,11-12,14H,4-5,7-8,10H2,1-3H3,(H,17,19)(H,18,21)/t12-/m1/s1. The lowest BCUT2D eigenvalue weighted by atomic mass is 10.2. The first-order valence-corrected chi connectivity index (χ1v) is 7.88. The van der Waals surface area contributed by atoms with Gasteiger partial charge in [-0.2, -0.15) is 0 Å². The summed E-state index contributed by atoms with van der Waals surface area (Å²) in [6.07, 6.45) is 4.07. The predicted octanol–water partition coefficient (Wildman–Crippen LogP) is 2.12. The fourth-order valence-corrected chi connectivity index (χ4v) is 2.37. The maximum atomic E-state index is 12.1. The van der Waals surface area contributed by atoms with E-state index in [1.165, 1.54) is 12.8 Å². The molecule has 1 fully saturated rings. The fourth-order valence-electron chi connectivity index (χ4n) is 2.37. The minimum atomic E-state index is -0.0560. The molecule has 1 heterocycles. The van der Waals surface area contributed by atoms with Gasteiger partial charge in [0, 0.05) is 24.8 Å². The first-order chi connectivity index (χ1) is 10.1. The predicted molar refractivity (Wildman–Crippen MR) is 85.6 cm³/mol. The van der Waals surface area contributed by atoms with Crippen LogP contribution in [-0.4, -0.2) is 47.5 Å². The van der Waals surface area contributed by atoms with E-state index < -0.39 is 0 Å². The molecule has 0 aromatic carbocycles. The number of carbonyl (C=O) groups is 1. The lowest BCUT2D eigenvalue weighted by Crippen LogP contribution is -2.42. The number of pyridine rings is 1. The number of rotatable bonds is 8. The van der Waals surface area contributed by atoms with Crippen molar-refractivity contribution in [1.29, 1.82) is 0 Å². The van der Waals surface area contributed by atoms with Gasteiger partial charge in [0.05, 0.1) is 5.56 Å². The first kappa shape index (κ1) is 15.8. The maximum absolute atomic E-state index is 12.1. The molecule has 1 saturated carbocycles. The summed E-state index contributed by atoms with van der Waals surface area (Å²) in [5, 5.41) is 6.29. The van der Waals surface area contributed by atoms with Gasteiger partial charge in [-0.15, -0.1) is 0 Å². The molecule has 0 radical (unpaired) electrons. The summed E-state index contributed by atoms with van der Waals surface area (Å²) < 4.78 is 0. The average Bonchev–Trinajstić information content (AvgIpc) is 3.31. The molecule has 5 heteroatoms. The van der Waals surface area contributed by atoms with Crippen LogP contribution in [0.2, 0.25) is 0 Å². The number of hydrogen-bond acceptors (Lipinski definition) is 4. The van der Waals surface area contributed by atoms with Crippen LogP contribution in [0.25, 0.3) is 0 Å². The normalized spacial score (nSPS) is 15.8. The van der Waals surface area contributed by atoms with Crippen LogP contribution in [0.3, 0.4) is 0 Å². The van der Waals surface area contributed by atoms with Gasteiger partial charge in [-0.25, -0.2) is 4.98 Å². The van der Waals surface area contributed by atoms with Crippen molar-refractivity contribution in [1.82, 2.24) is 15.2 Å². The van der Waals surface area contributed by atoms with Crippen molar-refractivity contribution in [2.45, 2.75) is 45.7 Å². The summed E-state index contributed by atoms with van der Waals surface area (Å²) in [4.78, 5) is 18.7. The molecule has 1 aromatic rings. The highest BCUT2D eigenvalue weighted by Gasteiger charge is 2.21. The SMILES string of the molecule is CCN(CC)[C@H](C)CNC(=O)c1ccc(NC2CC2)nc1. The second kappa shape index (κ2) is 7.41. The molecular formula is C16H26N4O. The third kappa shape index (κ3) is 4.70. The Hall–Kier alpha value is -1.62. The number of nitrogens with zero attached hydrogens (tertiary/aromatic N) is 2. The van der Waals surface area contributed by atoms with E-state index in [-0.39, 0.29) is 5.91 Å². The van der Waals surface area contributed by atoms with Gasteiger partial charge in [0.1, 0.15) is 5.82 Å². The van der Waals surface area contributed by atoms with Crippen molar-refractivity contribution in [3.8, 4) is 0 Å². The lowest BCUT2D eigenvalue weighted by Gasteiger charge is -2.26. The minimum absolute atomic E-state index is 0.0560. The van der Waals surface area contributed by atoms with Crippen LogP contribution in [0.1, 0.15) is 44.0 Å². The largest absolute Gasteiger partial charge is 0.367 e. The Morgan fingerprint density at radius 2 is 2.10 bits per heavy atom. The molecule has 0 unspecified atom stereocenters. The van der Waals surface area contributed by atoms with E-state index in [2.05, 4.69) is 41.3 Å². The van der Waals surface area contributed by atoms with Gasteiger partial charge in [0.25, 0.3) is 5.91 Å². The Bertz CT molecular complexity index is 452. The smallest absolute Gasteiger partial charge is 0.252 e. The van der Waals surface area contributed by atoms with Crippen LogP contribution < -0.4 is 10.6 Å². The molecule has 0 aliphatic heterocycles. The van der Waals surface area contributed by atoms with Crippen molar-refractivity contribution >= 4 is 11.7 Å². The van der Waals surface area contributed by atoms with E-state index in [4.69, 9.17) is 0 Å². The Kier molecular flexibility index (Phi) is 5.56. The highest BCUT2D eigenvalue weighted by molar-refractivity contribution is 5.94. The van der Waals surface area contributed by atoms with E-state index in [0.717, 1.165) is 18.9 Å². The van der Waals surface area contributed by atoms with Crippen molar-refractivity contribution in [3.63, 3.8) is 0 Å². The number of hydrogen-bond donors (Lipinski definition) is 2. The van der Waals surface area contributed by atoms with Crippen LogP contribution >= 0.6 is 0 Å². The summed E-state index contributed by atoms with van der Waals surface area (Å²) in [5.41, 5.74) is 0.614. The molecule has 0 bridgehead atoms. The zero-order valence-electron chi connectivity index (χ0n) is 13.2. The van der Waals surface area contributed by atoms with E-state index in [1.807, 2.05) is 12.1 Å². The van der Waals surface area contributed by atoms with Crippen molar-refractivity contribution < 1.29 is 4.79 Å². The highest BCUT2D eigenvalue weighted by atomic mass is 16.1.